The monoisotopic (exact) mass is 299 g/mol. The number of anilines is 1. The minimum absolute atomic E-state index is 0.0215. The minimum atomic E-state index is -1.33. The van der Waals surface area contributed by atoms with Gasteiger partial charge < -0.3 is 20.1 Å². The van der Waals surface area contributed by atoms with E-state index < -0.39 is 36.7 Å². The average molecular weight is 299 g/mol. The summed E-state index contributed by atoms with van der Waals surface area (Å²) in [5.74, 6) is -0.207. The van der Waals surface area contributed by atoms with E-state index in [1.165, 1.54) is 10.9 Å². The molecule has 0 saturated carbocycles. The normalized spacial score (nSPS) is 29.1. The van der Waals surface area contributed by atoms with Gasteiger partial charge >= 0.3 is 0 Å². The van der Waals surface area contributed by atoms with Gasteiger partial charge in [0.1, 0.15) is 18.3 Å². The first-order chi connectivity index (χ1) is 10.1. The van der Waals surface area contributed by atoms with Gasteiger partial charge in [0.05, 0.1) is 12.9 Å². The molecule has 11 heteroatoms. The molecule has 1 aliphatic rings. The van der Waals surface area contributed by atoms with Crippen molar-refractivity contribution < 1.29 is 25.3 Å². The molecule has 3 rings (SSSR count). The Labute approximate surface area is 116 Å². The van der Waals surface area contributed by atoms with Crippen LogP contribution in [0.4, 0.5) is 5.95 Å². The van der Waals surface area contributed by atoms with Gasteiger partial charge in [0.25, 0.3) is 5.56 Å². The van der Waals surface area contributed by atoms with Crippen LogP contribution in [-0.2, 0) is 4.74 Å². The van der Waals surface area contributed by atoms with Gasteiger partial charge in [0.15, 0.2) is 17.4 Å². The molecule has 11 nitrogen and oxygen atoms in total. The van der Waals surface area contributed by atoms with E-state index in [4.69, 9.17) is 15.1 Å². The van der Waals surface area contributed by atoms with Crippen molar-refractivity contribution in [2.24, 2.45) is 0 Å². The third kappa shape index (κ3) is 2.07. The summed E-state index contributed by atoms with van der Waals surface area (Å²) >= 11 is 0. The van der Waals surface area contributed by atoms with E-state index >= 15 is 0 Å². The van der Waals surface area contributed by atoms with Gasteiger partial charge in [-0.1, -0.05) is 0 Å². The number of aliphatic hydroxyl groups excluding tert-OH is 3. The Bertz CT molecular complexity index is 714. The molecule has 0 unspecified atom stereocenters. The lowest BCUT2D eigenvalue weighted by Gasteiger charge is -2.16. The number of nitrogens with one attached hydrogen (secondary N) is 2. The molecule has 0 spiro atoms. The predicted molar refractivity (Wildman–Crippen MR) is 66.6 cm³/mol. The van der Waals surface area contributed by atoms with Crippen LogP contribution in [0, 0.1) is 0 Å². The molecule has 0 aliphatic carbocycles. The molecule has 3 heterocycles. The number of ether oxygens (including phenoxy) is 1. The first kappa shape index (κ1) is 13.9. The van der Waals surface area contributed by atoms with Gasteiger partial charge in [-0.15, -0.1) is 0 Å². The second-order valence-electron chi connectivity index (χ2n) is 4.58. The van der Waals surface area contributed by atoms with E-state index in [0.717, 1.165) is 0 Å². The highest BCUT2D eigenvalue weighted by Crippen LogP contribution is 2.30. The topological polar surface area (TPSA) is 166 Å². The summed E-state index contributed by atoms with van der Waals surface area (Å²) < 4.78 is 6.58. The van der Waals surface area contributed by atoms with Crippen molar-refractivity contribution in [2.45, 2.75) is 24.5 Å². The standard InChI is InChI=1S/C10H13N5O6/c16-1-3-5(17)6(18)9(21-3)15-2-11-4-7(15)12-10(14-20)13-8(4)19/h2-3,5-6,9,16-18,20H,1H2,(H2,12,13,14,19)/t3-,5+,6-,9+/m0/s1. The summed E-state index contributed by atoms with van der Waals surface area (Å²) in [6.45, 7) is -0.473. The molecule has 2 aromatic rings. The Morgan fingerprint density at radius 3 is 2.81 bits per heavy atom. The van der Waals surface area contributed by atoms with Gasteiger partial charge in [-0.2, -0.15) is 4.98 Å². The first-order valence-corrected chi connectivity index (χ1v) is 6.06. The first-order valence-electron chi connectivity index (χ1n) is 6.06. The average Bonchev–Trinajstić information content (AvgIpc) is 3.02. The largest absolute Gasteiger partial charge is 0.394 e. The number of rotatable bonds is 3. The third-order valence-electron chi connectivity index (χ3n) is 3.33. The number of hydrogen-bond donors (Lipinski definition) is 6. The summed E-state index contributed by atoms with van der Waals surface area (Å²) in [6, 6.07) is 0. The summed E-state index contributed by atoms with van der Waals surface area (Å²) in [5.41, 5.74) is 1.14. The van der Waals surface area contributed by atoms with Crippen LogP contribution >= 0.6 is 0 Å². The maximum absolute atomic E-state index is 11.7. The van der Waals surface area contributed by atoms with Crippen molar-refractivity contribution in [3.8, 4) is 0 Å². The number of aliphatic hydroxyl groups is 3. The van der Waals surface area contributed by atoms with Gasteiger partial charge in [-0.25, -0.2) is 10.5 Å². The SMILES string of the molecule is O=c1[nH]c(NO)nc2c1ncn2[C@@H]1O[C@@H](CO)[C@@H](O)[C@@H]1O. The van der Waals surface area contributed by atoms with Crippen molar-refractivity contribution in [1.29, 1.82) is 0 Å². The molecule has 21 heavy (non-hydrogen) atoms. The van der Waals surface area contributed by atoms with Crippen LogP contribution in [0.25, 0.3) is 11.2 Å². The maximum atomic E-state index is 11.7. The maximum Gasteiger partial charge on any atom is 0.280 e. The summed E-state index contributed by atoms with van der Waals surface area (Å²) in [6.07, 6.45) is -3.42. The van der Waals surface area contributed by atoms with Crippen molar-refractivity contribution in [1.82, 2.24) is 19.5 Å². The predicted octanol–water partition coefficient (Wildman–Crippen LogP) is -2.47. The fraction of sp³-hybridized carbons (Fsp3) is 0.500. The molecular weight excluding hydrogens is 286 g/mol. The Hall–Kier alpha value is -2.05. The van der Waals surface area contributed by atoms with Crippen molar-refractivity contribution in [3.05, 3.63) is 16.7 Å². The van der Waals surface area contributed by atoms with Gasteiger partial charge in [-0.05, 0) is 0 Å². The van der Waals surface area contributed by atoms with Crippen LogP contribution in [-0.4, -0.2) is 65.0 Å². The summed E-state index contributed by atoms with van der Waals surface area (Å²) in [4.78, 5) is 21.8. The lowest BCUT2D eigenvalue weighted by molar-refractivity contribution is -0.0511. The van der Waals surface area contributed by atoms with Gasteiger partial charge in [-0.3, -0.25) is 19.6 Å². The second-order valence-corrected chi connectivity index (χ2v) is 4.58. The zero-order chi connectivity index (χ0) is 15.1. The Morgan fingerprint density at radius 2 is 2.19 bits per heavy atom. The lowest BCUT2D eigenvalue weighted by atomic mass is 10.1. The van der Waals surface area contributed by atoms with Crippen molar-refractivity contribution in [3.63, 3.8) is 0 Å². The van der Waals surface area contributed by atoms with E-state index in [0.29, 0.717) is 0 Å². The number of aromatic nitrogens is 4. The molecule has 6 N–H and O–H groups in total. The molecule has 0 radical (unpaired) electrons. The number of imidazole rings is 1. The van der Waals surface area contributed by atoms with Gasteiger partial charge in [0, 0.05) is 0 Å². The molecule has 2 aromatic heterocycles. The zero-order valence-corrected chi connectivity index (χ0v) is 10.5. The molecule has 1 fully saturated rings. The van der Waals surface area contributed by atoms with Crippen LogP contribution in [0.1, 0.15) is 6.23 Å². The molecular formula is C10H13N5O6. The molecule has 4 atom stereocenters. The Kier molecular flexibility index (Phi) is 3.35. The number of aromatic amines is 1. The van der Waals surface area contributed by atoms with Gasteiger partial charge in [0.2, 0.25) is 5.95 Å². The number of nitrogens with zero attached hydrogens (tertiary/aromatic N) is 3. The zero-order valence-electron chi connectivity index (χ0n) is 10.5. The van der Waals surface area contributed by atoms with Crippen molar-refractivity contribution >= 4 is 17.1 Å². The number of fused-ring (bicyclic) bond motifs is 1. The summed E-state index contributed by atoms with van der Waals surface area (Å²) in [7, 11) is 0. The van der Waals surface area contributed by atoms with Crippen LogP contribution in [0.3, 0.4) is 0 Å². The molecule has 1 aliphatic heterocycles. The van der Waals surface area contributed by atoms with E-state index in [1.54, 1.807) is 5.48 Å². The third-order valence-corrected chi connectivity index (χ3v) is 3.33. The van der Waals surface area contributed by atoms with E-state index in [1.807, 2.05) is 0 Å². The quantitative estimate of drug-likeness (QED) is 0.337. The fourth-order valence-electron chi connectivity index (χ4n) is 2.28. The van der Waals surface area contributed by atoms with Crippen LogP contribution in [0.5, 0.6) is 0 Å². The lowest BCUT2D eigenvalue weighted by Crippen LogP contribution is -2.33. The highest BCUT2D eigenvalue weighted by molar-refractivity contribution is 5.70. The fourth-order valence-corrected chi connectivity index (χ4v) is 2.28. The minimum Gasteiger partial charge on any atom is -0.394 e. The summed E-state index contributed by atoms with van der Waals surface area (Å²) in [5, 5.41) is 37.6. The van der Waals surface area contributed by atoms with Crippen LogP contribution in [0.15, 0.2) is 11.1 Å². The molecule has 1 saturated heterocycles. The van der Waals surface area contributed by atoms with Crippen LogP contribution < -0.4 is 11.0 Å². The molecule has 114 valence electrons. The molecule has 0 aromatic carbocycles. The highest BCUT2D eigenvalue weighted by Gasteiger charge is 2.44. The van der Waals surface area contributed by atoms with E-state index in [-0.39, 0.29) is 17.1 Å². The van der Waals surface area contributed by atoms with Crippen LogP contribution in [0.2, 0.25) is 0 Å². The smallest absolute Gasteiger partial charge is 0.280 e. The molecule has 0 bridgehead atoms. The van der Waals surface area contributed by atoms with Crippen molar-refractivity contribution in [2.75, 3.05) is 12.1 Å². The number of hydrogen-bond acceptors (Lipinski definition) is 9. The van der Waals surface area contributed by atoms with E-state index in [2.05, 4.69) is 15.0 Å². The van der Waals surface area contributed by atoms with E-state index in [9.17, 15) is 15.0 Å². The number of H-pyrrole nitrogens is 1. The Morgan fingerprint density at radius 1 is 1.43 bits per heavy atom. The highest BCUT2D eigenvalue weighted by atomic mass is 16.6. The second kappa shape index (κ2) is 5.05. The Balaban J connectivity index is 2.09. The molecule has 0 amide bonds.